The van der Waals surface area contributed by atoms with Crippen LogP contribution >= 0.6 is 15.9 Å². The van der Waals surface area contributed by atoms with Crippen molar-refractivity contribution in [3.63, 3.8) is 0 Å². The summed E-state index contributed by atoms with van der Waals surface area (Å²) in [6.45, 7) is 6.03. The van der Waals surface area contributed by atoms with Gasteiger partial charge >= 0.3 is 11.6 Å². The maximum absolute atomic E-state index is 14.5. The van der Waals surface area contributed by atoms with Crippen molar-refractivity contribution in [2.75, 3.05) is 0 Å². The summed E-state index contributed by atoms with van der Waals surface area (Å²) in [7, 11) is -5.78. The number of carbonyl (C=O) groups is 1. The van der Waals surface area contributed by atoms with E-state index < -0.39 is 56.5 Å². The smallest absolute Gasteiger partial charge is 0.444 e. The van der Waals surface area contributed by atoms with Gasteiger partial charge in [-0.15, -0.1) is 0 Å². The molecule has 1 unspecified atom stereocenters. The number of halogens is 5. The molecule has 0 saturated heterocycles. The standard InChI is InChI=1S/C18H21BrF4N2O4S/c1-16(2,3)29-15(26)25-17(4,13-9-11(19)5-6-14(13)20)8-7-12(10-24)30(27,28)18(21,22)23/h5-6,9,12H,7-8H2,1-4H3,(H,25,26)/t12?,17-/m0/s1. The highest BCUT2D eigenvalue weighted by atomic mass is 79.9. The third-order valence-electron chi connectivity index (χ3n) is 4.05. The summed E-state index contributed by atoms with van der Waals surface area (Å²) < 4.78 is 81.8. The third-order valence-corrected chi connectivity index (χ3v) is 6.28. The number of nitrogens with one attached hydrogen (secondary N) is 1. The van der Waals surface area contributed by atoms with Gasteiger partial charge in [-0.3, -0.25) is 0 Å². The Morgan fingerprint density at radius 2 is 1.83 bits per heavy atom. The number of benzene rings is 1. The lowest BCUT2D eigenvalue weighted by Crippen LogP contribution is -2.47. The van der Waals surface area contributed by atoms with Crippen molar-refractivity contribution in [1.29, 1.82) is 5.26 Å². The molecule has 0 saturated carbocycles. The molecule has 0 aliphatic carbocycles. The fourth-order valence-corrected chi connectivity index (χ4v) is 3.83. The maximum atomic E-state index is 14.5. The molecule has 12 heteroatoms. The number of alkyl carbamates (subject to hydrolysis) is 1. The Hall–Kier alpha value is -1.87. The van der Waals surface area contributed by atoms with Crippen LogP contribution in [0.4, 0.5) is 22.4 Å². The maximum Gasteiger partial charge on any atom is 0.498 e. The van der Waals surface area contributed by atoms with Gasteiger partial charge in [-0.05, 0) is 58.7 Å². The Morgan fingerprint density at radius 3 is 2.30 bits per heavy atom. The fraction of sp³-hybridized carbons (Fsp3) is 0.556. The molecule has 6 nitrogen and oxygen atoms in total. The summed E-state index contributed by atoms with van der Waals surface area (Å²) in [4.78, 5) is 12.3. The molecule has 1 aromatic rings. The first-order valence-corrected chi connectivity index (χ1v) is 10.9. The van der Waals surface area contributed by atoms with Crippen molar-refractivity contribution in [1.82, 2.24) is 5.32 Å². The van der Waals surface area contributed by atoms with Crippen LogP contribution in [0, 0.1) is 17.1 Å². The second kappa shape index (κ2) is 9.09. The normalized spacial score (nSPS) is 15.6. The van der Waals surface area contributed by atoms with Gasteiger partial charge in [0.2, 0.25) is 0 Å². The Balaban J connectivity index is 3.33. The van der Waals surface area contributed by atoms with E-state index in [1.54, 1.807) is 20.8 Å². The molecule has 1 aromatic carbocycles. The van der Waals surface area contributed by atoms with Gasteiger partial charge < -0.3 is 10.1 Å². The van der Waals surface area contributed by atoms with E-state index in [0.29, 0.717) is 4.47 Å². The van der Waals surface area contributed by atoms with Gasteiger partial charge in [0.1, 0.15) is 11.4 Å². The van der Waals surface area contributed by atoms with E-state index in [4.69, 9.17) is 10.00 Å². The minimum atomic E-state index is -5.78. The van der Waals surface area contributed by atoms with E-state index >= 15 is 0 Å². The average molecular weight is 517 g/mol. The summed E-state index contributed by atoms with van der Waals surface area (Å²) in [5.74, 6) is -0.788. The Kier molecular flexibility index (Phi) is 7.93. The molecule has 0 aliphatic rings. The lowest BCUT2D eigenvalue weighted by Gasteiger charge is -2.33. The van der Waals surface area contributed by atoms with Crippen LogP contribution in [0.25, 0.3) is 0 Å². The summed E-state index contributed by atoms with van der Waals surface area (Å²) in [6.07, 6.45) is -2.29. The predicted molar refractivity (Wildman–Crippen MR) is 104 cm³/mol. The van der Waals surface area contributed by atoms with E-state index in [2.05, 4.69) is 21.2 Å². The van der Waals surface area contributed by atoms with Crippen LogP contribution < -0.4 is 5.32 Å². The number of rotatable bonds is 6. The number of hydrogen-bond donors (Lipinski definition) is 1. The van der Waals surface area contributed by atoms with Crippen molar-refractivity contribution in [2.24, 2.45) is 0 Å². The van der Waals surface area contributed by atoms with Gasteiger partial charge in [0.25, 0.3) is 9.84 Å². The second-order valence-electron chi connectivity index (χ2n) is 7.73. The van der Waals surface area contributed by atoms with Crippen LogP contribution in [-0.4, -0.2) is 30.9 Å². The second-order valence-corrected chi connectivity index (χ2v) is 10.8. The summed E-state index contributed by atoms with van der Waals surface area (Å²) in [6, 6.07) is 4.88. The Labute approximate surface area is 180 Å². The van der Waals surface area contributed by atoms with Crippen LogP contribution in [-0.2, 0) is 20.1 Å². The first-order chi connectivity index (χ1) is 13.4. The number of nitrogens with zero attached hydrogens (tertiary/aromatic N) is 1. The highest BCUT2D eigenvalue weighted by Crippen LogP contribution is 2.35. The van der Waals surface area contributed by atoms with Gasteiger partial charge in [0, 0.05) is 10.0 Å². The molecule has 0 aromatic heterocycles. The highest BCUT2D eigenvalue weighted by molar-refractivity contribution is 9.10. The van der Waals surface area contributed by atoms with Crippen LogP contribution in [0.3, 0.4) is 0 Å². The Bertz CT molecular complexity index is 939. The molecular weight excluding hydrogens is 496 g/mol. The van der Waals surface area contributed by atoms with Crippen molar-refractivity contribution in [3.05, 3.63) is 34.1 Å². The van der Waals surface area contributed by atoms with Gasteiger partial charge in [0.05, 0.1) is 11.6 Å². The lowest BCUT2D eigenvalue weighted by atomic mass is 9.86. The lowest BCUT2D eigenvalue weighted by molar-refractivity contribution is -0.0442. The number of nitriles is 1. The molecule has 0 fully saturated rings. The molecule has 0 aliphatic heterocycles. The molecule has 30 heavy (non-hydrogen) atoms. The van der Waals surface area contributed by atoms with E-state index in [0.717, 1.165) is 12.1 Å². The molecular formula is C18H21BrF4N2O4S. The summed E-state index contributed by atoms with van der Waals surface area (Å²) in [5, 5.41) is 8.98. The predicted octanol–water partition coefficient (Wildman–Crippen LogP) is 4.94. The van der Waals surface area contributed by atoms with Crippen molar-refractivity contribution in [2.45, 2.75) is 62.4 Å². The molecule has 1 amide bonds. The molecule has 0 spiro atoms. The Morgan fingerprint density at radius 1 is 1.27 bits per heavy atom. The van der Waals surface area contributed by atoms with Crippen molar-refractivity contribution < 1.29 is 35.5 Å². The third kappa shape index (κ3) is 6.57. The number of carbonyl (C=O) groups excluding carboxylic acids is 1. The van der Waals surface area contributed by atoms with Crippen molar-refractivity contribution >= 4 is 31.9 Å². The number of alkyl halides is 3. The number of sulfone groups is 1. The van der Waals surface area contributed by atoms with Gasteiger partial charge in [-0.1, -0.05) is 15.9 Å². The molecule has 1 N–H and O–H groups in total. The van der Waals surface area contributed by atoms with Crippen LogP contribution in [0.1, 0.15) is 46.1 Å². The number of ether oxygens (including phenoxy) is 1. The minimum Gasteiger partial charge on any atom is -0.444 e. The molecule has 168 valence electrons. The quantitative estimate of drug-likeness (QED) is 0.540. The van der Waals surface area contributed by atoms with Gasteiger partial charge in [0.15, 0.2) is 5.25 Å². The van der Waals surface area contributed by atoms with Gasteiger partial charge in [-0.2, -0.15) is 18.4 Å². The number of hydrogen-bond acceptors (Lipinski definition) is 5. The average Bonchev–Trinajstić information content (AvgIpc) is 2.54. The SMILES string of the molecule is CC(C)(C)OC(=O)N[C@@](C)(CCC(C#N)S(=O)(=O)C(F)(F)F)c1cc(Br)ccc1F. The zero-order chi connectivity index (χ0) is 23.5. The van der Waals surface area contributed by atoms with E-state index in [1.165, 1.54) is 19.1 Å². The molecule has 1 rings (SSSR count). The van der Waals surface area contributed by atoms with Crippen molar-refractivity contribution in [3.8, 4) is 6.07 Å². The zero-order valence-electron chi connectivity index (χ0n) is 16.6. The molecule has 2 atom stereocenters. The zero-order valence-corrected chi connectivity index (χ0v) is 19.0. The van der Waals surface area contributed by atoms with E-state index in [-0.39, 0.29) is 5.56 Å². The topological polar surface area (TPSA) is 96.3 Å². The minimum absolute atomic E-state index is 0.121. The largest absolute Gasteiger partial charge is 0.498 e. The highest BCUT2D eigenvalue weighted by Gasteiger charge is 2.51. The van der Waals surface area contributed by atoms with Crippen LogP contribution in [0.5, 0.6) is 0 Å². The molecule has 0 radical (unpaired) electrons. The number of amides is 1. The monoisotopic (exact) mass is 516 g/mol. The summed E-state index contributed by atoms with van der Waals surface area (Å²) in [5.41, 5.74) is -8.34. The summed E-state index contributed by atoms with van der Waals surface area (Å²) >= 11 is 3.15. The fourth-order valence-electron chi connectivity index (χ4n) is 2.58. The van der Waals surface area contributed by atoms with Gasteiger partial charge in [-0.25, -0.2) is 17.6 Å². The first kappa shape index (κ1) is 26.2. The van der Waals surface area contributed by atoms with E-state index in [9.17, 15) is 30.8 Å². The van der Waals surface area contributed by atoms with E-state index in [1.807, 2.05) is 0 Å². The first-order valence-electron chi connectivity index (χ1n) is 8.59. The van der Waals surface area contributed by atoms with Crippen LogP contribution in [0.15, 0.2) is 22.7 Å². The van der Waals surface area contributed by atoms with Crippen LogP contribution in [0.2, 0.25) is 0 Å². The molecule has 0 bridgehead atoms. The molecule has 0 heterocycles.